The summed E-state index contributed by atoms with van der Waals surface area (Å²) in [5.41, 5.74) is 4.06. The average Bonchev–Trinajstić information content (AvgIpc) is 3.60. The van der Waals surface area contributed by atoms with Gasteiger partial charge < -0.3 is 0 Å². The maximum Gasteiger partial charge on any atom is 0.262 e. The van der Waals surface area contributed by atoms with E-state index in [0.29, 0.717) is 12.2 Å². The summed E-state index contributed by atoms with van der Waals surface area (Å²) < 4.78 is 3.43. The number of pyridine rings is 1. The van der Waals surface area contributed by atoms with Gasteiger partial charge in [0.2, 0.25) is 11.9 Å². The zero-order chi connectivity index (χ0) is 25.5. The normalized spacial score (nSPS) is 13.7. The first-order valence-corrected chi connectivity index (χ1v) is 11.7. The van der Waals surface area contributed by atoms with Gasteiger partial charge >= 0.3 is 0 Å². The van der Waals surface area contributed by atoms with Crippen molar-refractivity contribution in [3.8, 4) is 11.1 Å². The second kappa shape index (κ2) is 8.83. The first kappa shape index (κ1) is 22.4. The number of anilines is 1. The molecule has 1 N–H and O–H groups in total. The summed E-state index contributed by atoms with van der Waals surface area (Å²) in [6.07, 6.45) is 5.54. The van der Waals surface area contributed by atoms with Crippen molar-refractivity contribution in [2.75, 3.05) is 5.32 Å². The SMILES string of the molecule is C[C@H](C(=O)Nc1nc2ccc(-c3cnn(Cc4ccccc4)c3)cn2n1)N1C(=O)c2ccccc2C1=O. The molecule has 0 saturated carbocycles. The lowest BCUT2D eigenvalue weighted by Crippen LogP contribution is -2.45. The summed E-state index contributed by atoms with van der Waals surface area (Å²) >= 11 is 0. The van der Waals surface area contributed by atoms with Gasteiger partial charge in [0.15, 0.2) is 5.65 Å². The van der Waals surface area contributed by atoms with Gasteiger partial charge in [0.1, 0.15) is 6.04 Å². The molecule has 182 valence electrons. The van der Waals surface area contributed by atoms with Gasteiger partial charge in [0, 0.05) is 23.5 Å². The van der Waals surface area contributed by atoms with E-state index in [1.54, 1.807) is 47.2 Å². The molecule has 3 aromatic heterocycles. The fraction of sp³-hybridized carbons (Fsp3) is 0.111. The molecule has 2 aromatic carbocycles. The van der Waals surface area contributed by atoms with Gasteiger partial charge in [-0.2, -0.15) is 10.1 Å². The Hall–Kier alpha value is -5.12. The predicted octanol–water partition coefficient (Wildman–Crippen LogP) is 3.26. The van der Waals surface area contributed by atoms with Crippen LogP contribution in [0.3, 0.4) is 0 Å². The highest BCUT2D eigenvalue weighted by Crippen LogP contribution is 2.25. The van der Waals surface area contributed by atoms with Crippen molar-refractivity contribution in [3.63, 3.8) is 0 Å². The van der Waals surface area contributed by atoms with Gasteiger partial charge in [-0.1, -0.05) is 42.5 Å². The van der Waals surface area contributed by atoms with Crippen LogP contribution in [-0.4, -0.2) is 53.0 Å². The number of benzene rings is 2. The zero-order valence-electron chi connectivity index (χ0n) is 19.8. The maximum atomic E-state index is 12.9. The highest BCUT2D eigenvalue weighted by molar-refractivity contribution is 6.23. The van der Waals surface area contributed by atoms with Crippen molar-refractivity contribution in [3.05, 3.63) is 102 Å². The minimum Gasteiger partial charge on any atom is -0.291 e. The number of carbonyl (C=O) groups is 3. The van der Waals surface area contributed by atoms with Crippen LogP contribution in [0, 0.1) is 0 Å². The molecular weight excluding hydrogens is 470 g/mol. The first-order chi connectivity index (χ1) is 18.0. The number of hydrogen-bond donors (Lipinski definition) is 1. The Bertz CT molecular complexity index is 1640. The Kier molecular flexibility index (Phi) is 5.33. The monoisotopic (exact) mass is 491 g/mol. The highest BCUT2D eigenvalue weighted by atomic mass is 16.2. The molecule has 0 unspecified atom stereocenters. The second-order valence-corrected chi connectivity index (χ2v) is 8.76. The smallest absolute Gasteiger partial charge is 0.262 e. The zero-order valence-corrected chi connectivity index (χ0v) is 19.8. The van der Waals surface area contributed by atoms with Crippen molar-refractivity contribution in [2.45, 2.75) is 19.5 Å². The minimum absolute atomic E-state index is 0.0744. The Morgan fingerprint density at radius 2 is 1.59 bits per heavy atom. The van der Waals surface area contributed by atoms with Gasteiger partial charge in [0.05, 0.1) is 23.9 Å². The lowest BCUT2D eigenvalue weighted by molar-refractivity contribution is -0.119. The molecule has 5 aromatic rings. The van der Waals surface area contributed by atoms with Crippen LogP contribution in [0.1, 0.15) is 33.2 Å². The Morgan fingerprint density at radius 3 is 2.32 bits per heavy atom. The molecule has 4 heterocycles. The van der Waals surface area contributed by atoms with Crippen molar-refractivity contribution < 1.29 is 14.4 Å². The molecule has 37 heavy (non-hydrogen) atoms. The number of amides is 3. The number of carbonyl (C=O) groups excluding carboxylic acids is 3. The largest absolute Gasteiger partial charge is 0.291 e. The molecule has 1 atom stereocenters. The van der Waals surface area contributed by atoms with Gasteiger partial charge in [-0.15, -0.1) is 5.10 Å². The molecule has 0 saturated heterocycles. The van der Waals surface area contributed by atoms with E-state index in [4.69, 9.17) is 0 Å². The molecule has 1 aliphatic heterocycles. The van der Waals surface area contributed by atoms with Crippen LogP contribution in [0.5, 0.6) is 0 Å². The average molecular weight is 492 g/mol. The number of aromatic nitrogens is 5. The van der Waals surface area contributed by atoms with Gasteiger partial charge in [0.25, 0.3) is 11.8 Å². The van der Waals surface area contributed by atoms with E-state index in [1.807, 2.05) is 47.3 Å². The first-order valence-electron chi connectivity index (χ1n) is 11.7. The standard InChI is InChI=1S/C27H21N7O3/c1-17(34-25(36)21-9-5-6-10-22(21)26(34)37)24(35)30-27-29-23-12-11-19(16-33(23)31-27)20-13-28-32(15-20)14-18-7-3-2-4-8-18/h2-13,15-17H,14H2,1H3,(H,30,31,35)/t17-/m1/s1. The molecular formula is C27H21N7O3. The third kappa shape index (κ3) is 4.04. The minimum atomic E-state index is -1.04. The van der Waals surface area contributed by atoms with E-state index in [1.165, 1.54) is 6.92 Å². The molecule has 1 aliphatic rings. The van der Waals surface area contributed by atoms with E-state index in [-0.39, 0.29) is 17.1 Å². The number of hydrogen-bond acceptors (Lipinski definition) is 6. The summed E-state index contributed by atoms with van der Waals surface area (Å²) in [5, 5.41) is 11.4. The maximum absolute atomic E-state index is 12.9. The fourth-order valence-corrected chi connectivity index (χ4v) is 4.37. The third-order valence-electron chi connectivity index (χ3n) is 6.31. The van der Waals surface area contributed by atoms with E-state index in [9.17, 15) is 14.4 Å². The number of imide groups is 1. The Labute approximate surface area is 211 Å². The van der Waals surface area contributed by atoms with Crippen LogP contribution in [0.15, 0.2) is 85.3 Å². The fourth-order valence-electron chi connectivity index (χ4n) is 4.37. The summed E-state index contributed by atoms with van der Waals surface area (Å²) in [6.45, 7) is 2.16. The van der Waals surface area contributed by atoms with Crippen molar-refractivity contribution in [2.24, 2.45) is 0 Å². The summed E-state index contributed by atoms with van der Waals surface area (Å²) in [7, 11) is 0. The van der Waals surface area contributed by atoms with E-state index < -0.39 is 23.8 Å². The number of fused-ring (bicyclic) bond motifs is 2. The Balaban J connectivity index is 1.18. The number of nitrogens with zero attached hydrogens (tertiary/aromatic N) is 6. The highest BCUT2D eigenvalue weighted by Gasteiger charge is 2.40. The third-order valence-corrected chi connectivity index (χ3v) is 6.31. The van der Waals surface area contributed by atoms with Gasteiger partial charge in [-0.05, 0) is 36.8 Å². The molecule has 10 nitrogen and oxygen atoms in total. The summed E-state index contributed by atoms with van der Waals surface area (Å²) in [5.74, 6) is -1.48. The molecule has 0 radical (unpaired) electrons. The number of nitrogens with one attached hydrogen (secondary N) is 1. The Morgan fingerprint density at radius 1 is 0.892 bits per heavy atom. The van der Waals surface area contributed by atoms with Crippen LogP contribution >= 0.6 is 0 Å². The molecule has 0 aliphatic carbocycles. The summed E-state index contributed by atoms with van der Waals surface area (Å²) in [6, 6.07) is 19.2. The predicted molar refractivity (Wildman–Crippen MR) is 135 cm³/mol. The molecule has 0 fully saturated rings. The molecule has 6 rings (SSSR count). The lowest BCUT2D eigenvalue weighted by Gasteiger charge is -2.20. The van der Waals surface area contributed by atoms with Crippen LogP contribution < -0.4 is 5.32 Å². The van der Waals surface area contributed by atoms with Crippen LogP contribution in [0.2, 0.25) is 0 Å². The molecule has 3 amide bonds. The van der Waals surface area contributed by atoms with E-state index in [2.05, 4.69) is 20.5 Å². The number of rotatable bonds is 6. The van der Waals surface area contributed by atoms with Crippen molar-refractivity contribution in [1.29, 1.82) is 0 Å². The topological polar surface area (TPSA) is 114 Å². The molecule has 0 spiro atoms. The van der Waals surface area contributed by atoms with Crippen molar-refractivity contribution in [1.82, 2.24) is 29.3 Å². The van der Waals surface area contributed by atoms with Gasteiger partial charge in [-0.3, -0.25) is 29.3 Å². The quantitative estimate of drug-likeness (QED) is 0.365. The van der Waals surface area contributed by atoms with Crippen LogP contribution in [0.25, 0.3) is 16.8 Å². The van der Waals surface area contributed by atoms with Crippen molar-refractivity contribution >= 4 is 29.3 Å². The lowest BCUT2D eigenvalue weighted by atomic mass is 10.1. The van der Waals surface area contributed by atoms with Gasteiger partial charge in [-0.25, -0.2) is 4.52 Å². The molecule has 10 heteroatoms. The van der Waals surface area contributed by atoms with E-state index >= 15 is 0 Å². The van der Waals surface area contributed by atoms with Crippen LogP contribution in [0.4, 0.5) is 5.95 Å². The second-order valence-electron chi connectivity index (χ2n) is 8.76. The molecule has 0 bridgehead atoms. The van der Waals surface area contributed by atoms with Crippen LogP contribution in [-0.2, 0) is 11.3 Å². The summed E-state index contributed by atoms with van der Waals surface area (Å²) in [4.78, 5) is 43.6. The van der Waals surface area contributed by atoms with E-state index in [0.717, 1.165) is 21.6 Å².